The molecule has 0 saturated heterocycles. The highest BCUT2D eigenvalue weighted by atomic mass is 32.2. The van der Waals surface area contributed by atoms with Crippen LogP contribution in [0.15, 0.2) is 47.4 Å². The number of hydrogen-bond donors (Lipinski definition) is 2. The van der Waals surface area contributed by atoms with Crippen LogP contribution in [0.1, 0.15) is 30.9 Å². The van der Waals surface area contributed by atoms with Gasteiger partial charge in [0.15, 0.2) is 6.61 Å². The van der Waals surface area contributed by atoms with E-state index in [1.54, 1.807) is 0 Å². The first-order chi connectivity index (χ1) is 13.1. The number of benzene rings is 2. The van der Waals surface area contributed by atoms with Crippen molar-refractivity contribution in [2.45, 2.75) is 31.6 Å². The highest BCUT2D eigenvalue weighted by molar-refractivity contribution is 7.89. The topological polar surface area (TPSA) is 128 Å². The van der Waals surface area contributed by atoms with E-state index in [1.165, 1.54) is 0 Å². The van der Waals surface area contributed by atoms with Crippen molar-refractivity contribution in [3.63, 3.8) is 0 Å². The Hall–Kier alpha value is -2.98. The molecule has 0 aliphatic carbocycles. The number of hydrogen-bond acceptors (Lipinski definition) is 6. The maximum Gasteiger partial charge on any atom is 0.272 e. The Morgan fingerprint density at radius 2 is 1.82 bits per heavy atom. The molecule has 0 unspecified atom stereocenters. The van der Waals surface area contributed by atoms with E-state index in [9.17, 15) is 23.3 Å². The van der Waals surface area contributed by atoms with Crippen molar-refractivity contribution in [1.29, 1.82) is 0 Å². The van der Waals surface area contributed by atoms with Gasteiger partial charge in [0.2, 0.25) is 0 Å². The largest absolute Gasteiger partial charge is 0.483 e. The minimum absolute atomic E-state index is 0.194. The number of amides is 1. The van der Waals surface area contributed by atoms with E-state index in [4.69, 9.17) is 4.74 Å². The molecule has 0 aliphatic rings. The van der Waals surface area contributed by atoms with E-state index in [0.29, 0.717) is 5.75 Å². The van der Waals surface area contributed by atoms with Crippen molar-refractivity contribution in [3.05, 3.63) is 63.7 Å². The van der Waals surface area contributed by atoms with Crippen LogP contribution in [0.25, 0.3) is 0 Å². The fourth-order valence-corrected chi connectivity index (χ4v) is 3.21. The van der Waals surface area contributed by atoms with Gasteiger partial charge in [-0.1, -0.05) is 26.0 Å². The molecule has 0 aromatic heterocycles. The van der Waals surface area contributed by atoms with Crippen LogP contribution in [0.4, 0.5) is 5.69 Å². The first-order valence-electron chi connectivity index (χ1n) is 8.38. The Balaban J connectivity index is 1.97. The fourth-order valence-electron chi connectivity index (χ4n) is 2.35. The van der Waals surface area contributed by atoms with E-state index in [0.717, 1.165) is 35.4 Å². The zero-order chi connectivity index (χ0) is 20.9. The number of nitro benzene ring substituents is 1. The number of carbonyl (C=O) groups is 1. The Morgan fingerprint density at radius 3 is 2.39 bits per heavy atom. The van der Waals surface area contributed by atoms with Gasteiger partial charge in [-0.3, -0.25) is 20.3 Å². The molecule has 0 saturated carbocycles. The van der Waals surface area contributed by atoms with Crippen LogP contribution >= 0.6 is 0 Å². The molecule has 2 aromatic rings. The van der Waals surface area contributed by atoms with Crippen molar-refractivity contribution in [1.82, 2.24) is 10.3 Å². The first kappa shape index (κ1) is 21.3. The molecule has 2 aromatic carbocycles. The number of aryl methyl sites for hydroxylation is 1. The number of hydrazine groups is 1. The van der Waals surface area contributed by atoms with E-state index in [2.05, 4.69) is 5.43 Å². The van der Waals surface area contributed by atoms with Crippen molar-refractivity contribution in [2.24, 2.45) is 0 Å². The SMILES string of the molecule is Cc1ccc(C(C)C)c(OCC(=O)NNS(=O)(=O)c2ccc([N+](=O)[O-])cc2)c1. The number of sulfonamides is 1. The Labute approximate surface area is 162 Å². The summed E-state index contributed by atoms with van der Waals surface area (Å²) in [4.78, 5) is 23.6. The van der Waals surface area contributed by atoms with Crippen LogP contribution in [0, 0.1) is 17.0 Å². The lowest BCUT2D eigenvalue weighted by Crippen LogP contribution is -2.43. The third-order valence-electron chi connectivity index (χ3n) is 3.83. The molecule has 0 heterocycles. The van der Waals surface area contributed by atoms with Gasteiger partial charge in [0.05, 0.1) is 9.82 Å². The molecule has 0 aliphatic heterocycles. The number of ether oxygens (including phenoxy) is 1. The number of nitrogens with one attached hydrogen (secondary N) is 2. The molecule has 28 heavy (non-hydrogen) atoms. The van der Waals surface area contributed by atoms with E-state index >= 15 is 0 Å². The van der Waals surface area contributed by atoms with Gasteiger partial charge in [-0.15, -0.1) is 4.83 Å². The molecule has 1 amide bonds. The monoisotopic (exact) mass is 407 g/mol. The summed E-state index contributed by atoms with van der Waals surface area (Å²) in [6.45, 7) is 5.51. The normalized spacial score (nSPS) is 11.3. The molecule has 0 atom stereocenters. The van der Waals surface area contributed by atoms with Crippen LogP contribution in [0.5, 0.6) is 5.75 Å². The van der Waals surface area contributed by atoms with Crippen LogP contribution < -0.4 is 15.0 Å². The smallest absolute Gasteiger partial charge is 0.272 e. The molecular formula is C18H21N3O6S. The number of rotatable bonds is 8. The van der Waals surface area contributed by atoms with Gasteiger partial charge >= 0.3 is 0 Å². The molecule has 10 heteroatoms. The summed E-state index contributed by atoms with van der Waals surface area (Å²) >= 11 is 0. The Morgan fingerprint density at radius 1 is 1.18 bits per heavy atom. The van der Waals surface area contributed by atoms with Crippen LogP contribution in [-0.4, -0.2) is 25.9 Å². The van der Waals surface area contributed by atoms with E-state index in [1.807, 2.05) is 43.8 Å². The molecule has 2 N–H and O–H groups in total. The standard InChI is InChI=1S/C18H21N3O6S/c1-12(2)16-9-4-13(3)10-17(16)27-11-18(22)19-20-28(25,26)15-7-5-14(6-8-15)21(23)24/h4-10,12,20H,11H2,1-3H3,(H,19,22). The summed E-state index contributed by atoms with van der Waals surface area (Å²) in [5.41, 5.74) is 3.72. The first-order valence-corrected chi connectivity index (χ1v) is 9.87. The summed E-state index contributed by atoms with van der Waals surface area (Å²) in [5.74, 6) is 0.0596. The third kappa shape index (κ3) is 5.51. The molecule has 2 rings (SSSR count). The number of non-ortho nitro benzene ring substituents is 1. The Kier molecular flexibility index (Phi) is 6.71. The third-order valence-corrected chi connectivity index (χ3v) is 5.10. The second kappa shape index (κ2) is 8.81. The average Bonchev–Trinajstić information content (AvgIpc) is 2.64. The molecule has 0 bridgehead atoms. The molecule has 9 nitrogen and oxygen atoms in total. The Bertz CT molecular complexity index is 971. The lowest BCUT2D eigenvalue weighted by atomic mass is 10.0. The van der Waals surface area contributed by atoms with Crippen LogP contribution in [0.3, 0.4) is 0 Å². The van der Waals surface area contributed by atoms with Gasteiger partial charge in [-0.2, -0.15) is 0 Å². The van der Waals surface area contributed by atoms with E-state index in [-0.39, 0.29) is 23.1 Å². The van der Waals surface area contributed by atoms with Gasteiger partial charge in [0.1, 0.15) is 5.75 Å². The highest BCUT2D eigenvalue weighted by Crippen LogP contribution is 2.27. The summed E-state index contributed by atoms with van der Waals surface area (Å²) in [6, 6.07) is 9.94. The number of nitro groups is 1. The fraction of sp³-hybridized carbons (Fsp3) is 0.278. The molecule has 0 fully saturated rings. The van der Waals surface area contributed by atoms with Crippen molar-refractivity contribution in [2.75, 3.05) is 6.61 Å². The lowest BCUT2D eigenvalue weighted by Gasteiger charge is -2.15. The van der Waals surface area contributed by atoms with Gasteiger partial charge < -0.3 is 4.74 Å². The summed E-state index contributed by atoms with van der Waals surface area (Å²) in [6.07, 6.45) is 0. The van der Waals surface area contributed by atoms with E-state index < -0.39 is 20.9 Å². The predicted octanol–water partition coefficient (Wildman–Crippen LogP) is 2.42. The van der Waals surface area contributed by atoms with Crippen molar-refractivity contribution >= 4 is 21.6 Å². The molecule has 0 spiro atoms. The van der Waals surface area contributed by atoms with Gasteiger partial charge in [0.25, 0.3) is 21.6 Å². The van der Waals surface area contributed by atoms with Gasteiger partial charge in [-0.05, 0) is 42.2 Å². The molecule has 150 valence electrons. The van der Waals surface area contributed by atoms with Gasteiger partial charge in [0, 0.05) is 12.1 Å². The summed E-state index contributed by atoms with van der Waals surface area (Å²) in [5, 5.41) is 10.6. The van der Waals surface area contributed by atoms with Crippen molar-refractivity contribution < 1.29 is 22.9 Å². The maximum absolute atomic E-state index is 12.1. The van der Waals surface area contributed by atoms with Crippen LogP contribution in [0.2, 0.25) is 0 Å². The zero-order valence-electron chi connectivity index (χ0n) is 15.6. The van der Waals surface area contributed by atoms with Gasteiger partial charge in [-0.25, -0.2) is 8.42 Å². The highest BCUT2D eigenvalue weighted by Gasteiger charge is 2.17. The minimum Gasteiger partial charge on any atom is -0.483 e. The lowest BCUT2D eigenvalue weighted by molar-refractivity contribution is -0.384. The minimum atomic E-state index is -4.07. The zero-order valence-corrected chi connectivity index (χ0v) is 16.4. The summed E-state index contributed by atoms with van der Waals surface area (Å²) < 4.78 is 29.8. The molecule has 0 radical (unpaired) electrons. The number of carbonyl (C=O) groups excluding carboxylic acids is 1. The summed E-state index contributed by atoms with van der Waals surface area (Å²) in [7, 11) is -4.07. The van der Waals surface area contributed by atoms with Crippen LogP contribution in [-0.2, 0) is 14.8 Å². The average molecular weight is 407 g/mol. The number of nitrogens with zero attached hydrogens (tertiary/aromatic N) is 1. The quantitative estimate of drug-likeness (QED) is 0.511. The second-order valence-electron chi connectivity index (χ2n) is 6.39. The van der Waals surface area contributed by atoms with Crippen molar-refractivity contribution in [3.8, 4) is 5.75 Å². The predicted molar refractivity (Wildman–Crippen MR) is 102 cm³/mol. The maximum atomic E-state index is 12.1. The molecular weight excluding hydrogens is 386 g/mol. The second-order valence-corrected chi connectivity index (χ2v) is 8.07.